The Balaban J connectivity index is 2.59. The Morgan fingerprint density at radius 1 is 1.00 bits per heavy atom. The molecule has 142 valence electrons. The highest BCUT2D eigenvalue weighted by Crippen LogP contribution is 2.32. The zero-order valence-corrected chi connectivity index (χ0v) is 17.7. The van der Waals surface area contributed by atoms with Gasteiger partial charge in [-0.05, 0) is 49.2 Å². The van der Waals surface area contributed by atoms with Gasteiger partial charge in [0.25, 0.3) is 10.0 Å². The number of nitrogens with one attached hydrogen (secondary N) is 1. The zero-order valence-electron chi connectivity index (χ0n) is 14.5. The third-order valence-corrected chi connectivity index (χ3v) is 8.00. The predicted molar refractivity (Wildman–Crippen MR) is 104 cm³/mol. The number of hydrogen-bond acceptors (Lipinski definition) is 4. The lowest BCUT2D eigenvalue weighted by atomic mass is 10.1. The second-order valence-corrected chi connectivity index (χ2v) is 10.4. The highest BCUT2D eigenvalue weighted by Gasteiger charge is 2.24. The Bertz CT molecular complexity index is 1070. The first-order chi connectivity index (χ1) is 11.9. The Morgan fingerprint density at radius 2 is 1.62 bits per heavy atom. The zero-order chi connectivity index (χ0) is 19.9. The van der Waals surface area contributed by atoms with Crippen LogP contribution in [0.1, 0.15) is 11.1 Å². The maximum Gasteiger partial charge on any atom is 0.263 e. The van der Waals surface area contributed by atoms with Crippen molar-refractivity contribution in [1.82, 2.24) is 4.31 Å². The van der Waals surface area contributed by atoms with Crippen molar-refractivity contribution in [2.75, 3.05) is 18.8 Å². The number of anilines is 1. The van der Waals surface area contributed by atoms with Crippen LogP contribution in [0.4, 0.5) is 5.69 Å². The van der Waals surface area contributed by atoms with Gasteiger partial charge < -0.3 is 0 Å². The second-order valence-electron chi connectivity index (χ2n) is 5.86. The topological polar surface area (TPSA) is 83.6 Å². The molecule has 0 saturated heterocycles. The molecule has 0 spiro atoms. The summed E-state index contributed by atoms with van der Waals surface area (Å²) in [5, 5.41) is -0.000472. The summed E-state index contributed by atoms with van der Waals surface area (Å²) >= 11 is 11.9. The van der Waals surface area contributed by atoms with E-state index in [0.29, 0.717) is 11.1 Å². The van der Waals surface area contributed by atoms with Gasteiger partial charge in [-0.2, -0.15) is 0 Å². The minimum absolute atomic E-state index is 0.0134. The molecule has 1 N–H and O–H groups in total. The van der Waals surface area contributed by atoms with E-state index in [1.807, 2.05) is 0 Å². The first-order valence-electron chi connectivity index (χ1n) is 7.38. The van der Waals surface area contributed by atoms with Gasteiger partial charge in [-0.3, -0.25) is 4.72 Å². The largest absolute Gasteiger partial charge is 0.279 e. The molecule has 0 aromatic heterocycles. The van der Waals surface area contributed by atoms with Crippen LogP contribution in [0, 0.1) is 13.8 Å². The highest BCUT2D eigenvalue weighted by atomic mass is 35.5. The van der Waals surface area contributed by atoms with Crippen LogP contribution >= 0.6 is 23.2 Å². The van der Waals surface area contributed by atoms with Gasteiger partial charge >= 0.3 is 0 Å². The van der Waals surface area contributed by atoms with E-state index in [4.69, 9.17) is 23.2 Å². The molecule has 2 aromatic carbocycles. The summed E-state index contributed by atoms with van der Waals surface area (Å²) in [5.74, 6) is 0. The highest BCUT2D eigenvalue weighted by molar-refractivity contribution is 7.93. The normalized spacial score (nSPS) is 12.4. The molecule has 10 heteroatoms. The maximum absolute atomic E-state index is 12.7. The quantitative estimate of drug-likeness (QED) is 0.774. The molecule has 0 radical (unpaired) electrons. The average molecular weight is 437 g/mol. The van der Waals surface area contributed by atoms with Gasteiger partial charge in [0.2, 0.25) is 10.0 Å². The number of hydrogen-bond donors (Lipinski definition) is 1. The molecule has 26 heavy (non-hydrogen) atoms. The second kappa shape index (κ2) is 7.36. The molecular formula is C16H18Cl2N2O4S2. The van der Waals surface area contributed by atoms with E-state index in [0.717, 1.165) is 4.31 Å². The lowest BCUT2D eigenvalue weighted by molar-refractivity contribution is 0.520. The van der Waals surface area contributed by atoms with Crippen molar-refractivity contribution in [3.05, 3.63) is 51.5 Å². The molecule has 0 unspecified atom stereocenters. The monoisotopic (exact) mass is 436 g/mol. The summed E-state index contributed by atoms with van der Waals surface area (Å²) in [6.45, 7) is 3.40. The maximum atomic E-state index is 12.7. The molecule has 0 aliphatic heterocycles. The summed E-state index contributed by atoms with van der Waals surface area (Å²) in [6.07, 6.45) is 0. The SMILES string of the molecule is Cc1cc(S(=O)(=O)N(C)C)cc(NS(=O)(=O)c2cccc(Cl)c2Cl)c1C. The lowest BCUT2D eigenvalue weighted by Gasteiger charge is -2.17. The van der Waals surface area contributed by atoms with Crippen LogP contribution in [0.2, 0.25) is 10.0 Å². The van der Waals surface area contributed by atoms with Crippen LogP contribution in [-0.4, -0.2) is 35.2 Å². The Hall–Kier alpha value is -1.32. The van der Waals surface area contributed by atoms with Crippen molar-refractivity contribution >= 4 is 48.9 Å². The van der Waals surface area contributed by atoms with E-state index in [-0.39, 0.29) is 25.5 Å². The van der Waals surface area contributed by atoms with E-state index in [1.54, 1.807) is 13.8 Å². The molecular weight excluding hydrogens is 419 g/mol. The molecule has 6 nitrogen and oxygen atoms in total. The predicted octanol–water partition coefficient (Wildman–Crippen LogP) is 3.66. The van der Waals surface area contributed by atoms with E-state index >= 15 is 0 Å². The van der Waals surface area contributed by atoms with Crippen molar-refractivity contribution in [2.45, 2.75) is 23.6 Å². The van der Waals surface area contributed by atoms with Gasteiger partial charge in [0, 0.05) is 14.1 Å². The Kier molecular flexibility index (Phi) is 5.94. The van der Waals surface area contributed by atoms with Crippen molar-refractivity contribution < 1.29 is 16.8 Å². The van der Waals surface area contributed by atoms with E-state index < -0.39 is 20.0 Å². The molecule has 0 fully saturated rings. The number of nitrogens with zero attached hydrogens (tertiary/aromatic N) is 1. The van der Waals surface area contributed by atoms with Crippen LogP contribution in [0.25, 0.3) is 0 Å². The number of rotatable bonds is 5. The number of sulfonamides is 2. The summed E-state index contributed by atoms with van der Waals surface area (Å²) in [4.78, 5) is -0.204. The average Bonchev–Trinajstić information content (AvgIpc) is 2.53. The third kappa shape index (κ3) is 3.99. The molecule has 0 bridgehead atoms. The van der Waals surface area contributed by atoms with Crippen molar-refractivity contribution in [3.63, 3.8) is 0 Å². The van der Waals surface area contributed by atoms with Gasteiger partial charge in [-0.1, -0.05) is 29.3 Å². The summed E-state index contributed by atoms with van der Waals surface area (Å²) in [6, 6.07) is 7.04. The van der Waals surface area contributed by atoms with Crippen molar-refractivity contribution in [3.8, 4) is 0 Å². The number of halogens is 2. The van der Waals surface area contributed by atoms with Crippen molar-refractivity contribution in [2.24, 2.45) is 0 Å². The fraction of sp³-hybridized carbons (Fsp3) is 0.250. The van der Waals surface area contributed by atoms with E-state index in [2.05, 4.69) is 4.72 Å². The third-order valence-electron chi connectivity index (χ3n) is 3.87. The molecule has 2 aromatic rings. The minimum atomic E-state index is -4.06. The molecule has 0 heterocycles. The summed E-state index contributed by atoms with van der Waals surface area (Å²) in [5.41, 5.74) is 1.38. The van der Waals surface area contributed by atoms with Gasteiger partial charge in [-0.25, -0.2) is 21.1 Å². The summed E-state index contributed by atoms with van der Waals surface area (Å²) in [7, 11) is -4.98. The van der Waals surface area contributed by atoms with E-state index in [1.165, 1.54) is 44.4 Å². The molecule has 0 aliphatic rings. The Labute approximate surface area is 163 Å². The van der Waals surface area contributed by atoms with Crippen molar-refractivity contribution in [1.29, 1.82) is 0 Å². The molecule has 0 aliphatic carbocycles. The van der Waals surface area contributed by atoms with Crippen LogP contribution < -0.4 is 4.72 Å². The molecule has 2 rings (SSSR count). The van der Waals surface area contributed by atoms with Gasteiger partial charge in [0.15, 0.2) is 0 Å². The Morgan fingerprint density at radius 3 is 2.19 bits per heavy atom. The molecule has 0 atom stereocenters. The van der Waals surface area contributed by atoms with Gasteiger partial charge in [0.1, 0.15) is 4.90 Å². The van der Waals surface area contributed by atoms with Crippen LogP contribution in [0.15, 0.2) is 40.1 Å². The fourth-order valence-electron chi connectivity index (χ4n) is 2.18. The first-order valence-corrected chi connectivity index (χ1v) is 11.1. The fourth-order valence-corrected chi connectivity index (χ4v) is 5.07. The standard InChI is InChI=1S/C16H18Cl2N2O4S2/c1-10-8-12(26(23,24)20(3)4)9-14(11(10)2)19-25(21,22)15-7-5-6-13(17)16(15)18/h5-9,19H,1-4H3. The smallest absolute Gasteiger partial charge is 0.263 e. The first kappa shape index (κ1) is 21.0. The lowest BCUT2D eigenvalue weighted by Crippen LogP contribution is -2.23. The molecule has 0 saturated carbocycles. The number of benzene rings is 2. The van der Waals surface area contributed by atoms with Crippen LogP contribution in [0.3, 0.4) is 0 Å². The van der Waals surface area contributed by atoms with E-state index in [9.17, 15) is 16.8 Å². The summed E-state index contributed by atoms with van der Waals surface area (Å²) < 4.78 is 53.7. The van der Waals surface area contributed by atoms with Gasteiger partial charge in [-0.15, -0.1) is 0 Å². The number of aryl methyl sites for hydroxylation is 1. The minimum Gasteiger partial charge on any atom is -0.279 e. The van der Waals surface area contributed by atoms with Crippen LogP contribution in [-0.2, 0) is 20.0 Å². The van der Waals surface area contributed by atoms with Crippen LogP contribution in [0.5, 0.6) is 0 Å². The molecule has 0 amide bonds. The van der Waals surface area contributed by atoms with Gasteiger partial charge in [0.05, 0.1) is 20.6 Å².